The number of carbonyl (C=O) groups is 1. The van der Waals surface area contributed by atoms with Crippen molar-refractivity contribution in [2.45, 2.75) is 38.6 Å². The number of carbonyl (C=O) groups excluding carboxylic acids is 1. The third-order valence-electron chi connectivity index (χ3n) is 3.66. The highest BCUT2D eigenvalue weighted by molar-refractivity contribution is 5.78. The minimum absolute atomic E-state index is 0.0935. The molecule has 19 heavy (non-hydrogen) atoms. The Morgan fingerprint density at radius 2 is 2.11 bits per heavy atom. The second kappa shape index (κ2) is 6.55. The molecule has 1 N–H and O–H groups in total. The summed E-state index contributed by atoms with van der Waals surface area (Å²) in [5, 5.41) is 2.89. The van der Waals surface area contributed by atoms with Gasteiger partial charge < -0.3 is 10.1 Å². The molecule has 3 nitrogen and oxygen atoms in total. The molecule has 1 aliphatic carbocycles. The van der Waals surface area contributed by atoms with Crippen molar-refractivity contribution in [3.63, 3.8) is 0 Å². The molecular weight excluding hydrogens is 245 g/mol. The normalized spacial score (nSPS) is 16.1. The van der Waals surface area contributed by atoms with E-state index >= 15 is 0 Å². The number of amides is 1. The summed E-state index contributed by atoms with van der Waals surface area (Å²) in [5.74, 6) is 0.0574. The summed E-state index contributed by atoms with van der Waals surface area (Å²) in [5.41, 5.74) is 0.752. The summed E-state index contributed by atoms with van der Waals surface area (Å²) in [7, 11) is 1.43. The van der Waals surface area contributed by atoms with E-state index in [-0.39, 0.29) is 17.6 Å². The quantitative estimate of drug-likeness (QED) is 0.908. The molecule has 4 heteroatoms. The Bertz CT molecular complexity index is 442. The smallest absolute Gasteiger partial charge is 0.223 e. The van der Waals surface area contributed by atoms with Crippen molar-refractivity contribution >= 4 is 5.91 Å². The van der Waals surface area contributed by atoms with Gasteiger partial charge in [-0.1, -0.05) is 25.3 Å². The van der Waals surface area contributed by atoms with Gasteiger partial charge in [0, 0.05) is 12.5 Å². The largest absolute Gasteiger partial charge is 0.494 e. The van der Waals surface area contributed by atoms with Crippen molar-refractivity contribution < 1.29 is 13.9 Å². The maximum absolute atomic E-state index is 13.5. The lowest BCUT2D eigenvalue weighted by atomic mass is 9.88. The first kappa shape index (κ1) is 13.8. The van der Waals surface area contributed by atoms with E-state index < -0.39 is 5.82 Å². The average Bonchev–Trinajstić information content (AvgIpc) is 2.46. The van der Waals surface area contributed by atoms with Gasteiger partial charge in [-0.15, -0.1) is 0 Å². The number of hydrogen-bond donors (Lipinski definition) is 1. The Hall–Kier alpha value is -1.58. The third-order valence-corrected chi connectivity index (χ3v) is 3.66. The standard InChI is InChI=1S/C15H20FNO2/c1-19-14-8-7-11(9-13(14)16)10-17-15(18)12-5-3-2-4-6-12/h7-9,12H,2-6,10H2,1H3,(H,17,18). The van der Waals surface area contributed by atoms with Crippen molar-refractivity contribution in [2.24, 2.45) is 5.92 Å². The molecule has 0 spiro atoms. The van der Waals surface area contributed by atoms with Crippen molar-refractivity contribution in [3.8, 4) is 5.75 Å². The molecule has 0 aromatic heterocycles. The van der Waals surface area contributed by atoms with Gasteiger partial charge in [0.05, 0.1) is 7.11 Å². The molecule has 0 bridgehead atoms. The predicted molar refractivity (Wildman–Crippen MR) is 71.4 cm³/mol. The van der Waals surface area contributed by atoms with Crippen LogP contribution >= 0.6 is 0 Å². The van der Waals surface area contributed by atoms with Crippen LogP contribution in [0.5, 0.6) is 5.75 Å². The van der Waals surface area contributed by atoms with Crippen LogP contribution in [-0.4, -0.2) is 13.0 Å². The second-order valence-corrected chi connectivity index (χ2v) is 5.02. The highest BCUT2D eigenvalue weighted by Gasteiger charge is 2.20. The van der Waals surface area contributed by atoms with E-state index in [2.05, 4.69) is 5.32 Å². The van der Waals surface area contributed by atoms with Gasteiger partial charge in [0.15, 0.2) is 11.6 Å². The summed E-state index contributed by atoms with van der Waals surface area (Å²) in [6, 6.07) is 4.75. The van der Waals surface area contributed by atoms with Gasteiger partial charge >= 0.3 is 0 Å². The number of nitrogens with one attached hydrogen (secondary N) is 1. The first-order valence-electron chi connectivity index (χ1n) is 6.81. The Kier molecular flexibility index (Phi) is 4.77. The van der Waals surface area contributed by atoms with Gasteiger partial charge in [-0.2, -0.15) is 0 Å². The SMILES string of the molecule is COc1ccc(CNC(=O)C2CCCCC2)cc1F. The van der Waals surface area contributed by atoms with E-state index in [1.165, 1.54) is 19.6 Å². The van der Waals surface area contributed by atoms with Gasteiger partial charge in [0.2, 0.25) is 5.91 Å². The van der Waals surface area contributed by atoms with E-state index in [1.807, 2.05) is 0 Å². The zero-order chi connectivity index (χ0) is 13.7. The lowest BCUT2D eigenvalue weighted by Crippen LogP contribution is -2.31. The molecule has 0 unspecified atom stereocenters. The summed E-state index contributed by atoms with van der Waals surface area (Å²) in [4.78, 5) is 11.9. The van der Waals surface area contributed by atoms with Crippen LogP contribution < -0.4 is 10.1 Å². The molecule has 1 aromatic rings. The number of hydrogen-bond acceptors (Lipinski definition) is 2. The molecule has 1 fully saturated rings. The Labute approximate surface area is 113 Å². The summed E-state index contributed by atoms with van der Waals surface area (Å²) < 4.78 is 18.4. The van der Waals surface area contributed by atoms with Gasteiger partial charge in [0.1, 0.15) is 0 Å². The van der Waals surface area contributed by atoms with Crippen LogP contribution in [0.2, 0.25) is 0 Å². The highest BCUT2D eigenvalue weighted by Crippen LogP contribution is 2.24. The number of halogens is 1. The van der Waals surface area contributed by atoms with Crippen LogP contribution in [0.25, 0.3) is 0 Å². The van der Waals surface area contributed by atoms with Crippen LogP contribution in [0.1, 0.15) is 37.7 Å². The van der Waals surface area contributed by atoms with Crippen molar-refractivity contribution in [3.05, 3.63) is 29.6 Å². The van der Waals surface area contributed by atoms with E-state index in [0.29, 0.717) is 6.54 Å². The minimum Gasteiger partial charge on any atom is -0.494 e. The lowest BCUT2D eigenvalue weighted by molar-refractivity contribution is -0.126. The molecule has 1 saturated carbocycles. The molecule has 0 saturated heterocycles. The lowest BCUT2D eigenvalue weighted by Gasteiger charge is -2.20. The van der Waals surface area contributed by atoms with Crippen LogP contribution in [0.15, 0.2) is 18.2 Å². The van der Waals surface area contributed by atoms with Crippen LogP contribution in [0, 0.1) is 11.7 Å². The third kappa shape index (κ3) is 3.69. The molecule has 104 valence electrons. The van der Waals surface area contributed by atoms with E-state index in [0.717, 1.165) is 31.2 Å². The summed E-state index contributed by atoms with van der Waals surface area (Å²) in [6.45, 7) is 0.371. The molecule has 2 rings (SSSR count). The monoisotopic (exact) mass is 265 g/mol. The Morgan fingerprint density at radius 3 is 2.74 bits per heavy atom. The number of ether oxygens (including phenoxy) is 1. The fourth-order valence-corrected chi connectivity index (χ4v) is 2.52. The number of methoxy groups -OCH3 is 1. The zero-order valence-electron chi connectivity index (χ0n) is 11.2. The molecule has 1 aliphatic rings. The molecule has 1 aromatic carbocycles. The second-order valence-electron chi connectivity index (χ2n) is 5.02. The number of rotatable bonds is 4. The maximum atomic E-state index is 13.5. The van der Waals surface area contributed by atoms with Crippen molar-refractivity contribution in [2.75, 3.05) is 7.11 Å². The van der Waals surface area contributed by atoms with Gasteiger partial charge in [0.25, 0.3) is 0 Å². The van der Waals surface area contributed by atoms with Gasteiger partial charge in [-0.05, 0) is 30.5 Å². The van der Waals surface area contributed by atoms with Gasteiger partial charge in [-0.3, -0.25) is 4.79 Å². The first-order chi connectivity index (χ1) is 9.20. The fourth-order valence-electron chi connectivity index (χ4n) is 2.52. The van der Waals surface area contributed by atoms with Crippen molar-refractivity contribution in [1.29, 1.82) is 0 Å². The predicted octanol–water partition coefficient (Wildman–Crippen LogP) is 3.03. The molecule has 1 amide bonds. The zero-order valence-corrected chi connectivity index (χ0v) is 11.2. The van der Waals surface area contributed by atoms with E-state index in [4.69, 9.17) is 4.74 Å². The first-order valence-corrected chi connectivity index (χ1v) is 6.81. The van der Waals surface area contributed by atoms with E-state index in [1.54, 1.807) is 12.1 Å². The average molecular weight is 265 g/mol. The Morgan fingerprint density at radius 1 is 1.37 bits per heavy atom. The molecular formula is C15H20FNO2. The molecule has 0 aliphatic heterocycles. The highest BCUT2D eigenvalue weighted by atomic mass is 19.1. The van der Waals surface area contributed by atoms with Crippen LogP contribution in [0.4, 0.5) is 4.39 Å². The van der Waals surface area contributed by atoms with Gasteiger partial charge in [-0.25, -0.2) is 4.39 Å². The molecule has 0 heterocycles. The molecule has 0 radical (unpaired) electrons. The summed E-state index contributed by atoms with van der Waals surface area (Å²) in [6.07, 6.45) is 5.45. The van der Waals surface area contributed by atoms with Crippen molar-refractivity contribution in [1.82, 2.24) is 5.32 Å². The summed E-state index contributed by atoms with van der Waals surface area (Å²) >= 11 is 0. The van der Waals surface area contributed by atoms with Crippen LogP contribution in [0.3, 0.4) is 0 Å². The minimum atomic E-state index is -0.396. The van der Waals surface area contributed by atoms with E-state index in [9.17, 15) is 9.18 Å². The topological polar surface area (TPSA) is 38.3 Å². The maximum Gasteiger partial charge on any atom is 0.223 e. The number of benzene rings is 1. The Balaban J connectivity index is 1.87. The molecule has 0 atom stereocenters. The fraction of sp³-hybridized carbons (Fsp3) is 0.533. The van der Waals surface area contributed by atoms with Crippen LogP contribution in [-0.2, 0) is 11.3 Å².